The number of hydrogen-bond acceptors (Lipinski definition) is 6. The van der Waals surface area contributed by atoms with E-state index in [2.05, 4.69) is 31.7 Å². The first kappa shape index (κ1) is 19.3. The van der Waals surface area contributed by atoms with E-state index in [1.165, 1.54) is 12.1 Å². The fourth-order valence-corrected chi connectivity index (χ4v) is 2.37. The number of halogens is 2. The highest BCUT2D eigenvalue weighted by Gasteiger charge is 2.15. The number of aryl methyl sites for hydroxylation is 1. The number of carbonyl (C=O) groups is 1. The van der Waals surface area contributed by atoms with E-state index in [9.17, 15) is 14.3 Å². The van der Waals surface area contributed by atoms with Crippen LogP contribution in [0.15, 0.2) is 34.9 Å². The maximum Gasteiger partial charge on any atom is 0.276 e. The van der Waals surface area contributed by atoms with Gasteiger partial charge in [-0.05, 0) is 52.7 Å². The number of amides is 1. The van der Waals surface area contributed by atoms with Crippen LogP contribution in [0.3, 0.4) is 0 Å². The van der Waals surface area contributed by atoms with Crippen LogP contribution in [0.2, 0.25) is 0 Å². The molecular weight excluding hydrogens is 397 g/mol. The van der Waals surface area contributed by atoms with Crippen LogP contribution < -0.4 is 10.8 Å². The van der Waals surface area contributed by atoms with E-state index in [1.54, 1.807) is 6.20 Å². The molecule has 4 N–H and O–H groups in total. The van der Waals surface area contributed by atoms with Crippen molar-refractivity contribution < 1.29 is 24.2 Å². The number of hydrogen-bond donors (Lipinski definition) is 4. The van der Waals surface area contributed by atoms with Crippen molar-refractivity contribution in [1.82, 2.24) is 10.5 Å². The van der Waals surface area contributed by atoms with Crippen LogP contribution in [-0.4, -0.2) is 40.4 Å². The first-order valence-corrected chi connectivity index (χ1v) is 8.09. The molecule has 2 rings (SSSR count). The summed E-state index contributed by atoms with van der Waals surface area (Å²) in [7, 11) is 0. The summed E-state index contributed by atoms with van der Waals surface area (Å²) in [5, 5.41) is 20.8. The van der Waals surface area contributed by atoms with Gasteiger partial charge in [0.25, 0.3) is 5.91 Å². The van der Waals surface area contributed by atoms with Gasteiger partial charge in [0.15, 0.2) is 0 Å². The number of anilines is 2. The zero-order valence-electron chi connectivity index (χ0n) is 13.3. The molecule has 0 saturated carbocycles. The predicted octanol–water partition coefficient (Wildman–Crippen LogP) is 2.05. The highest BCUT2D eigenvalue weighted by Crippen LogP contribution is 2.24. The first-order chi connectivity index (χ1) is 11.9. The van der Waals surface area contributed by atoms with Crippen LogP contribution in [-0.2, 0) is 4.84 Å². The van der Waals surface area contributed by atoms with E-state index >= 15 is 0 Å². The fraction of sp³-hybridized carbons (Fsp3) is 0.250. The first-order valence-electron chi connectivity index (χ1n) is 7.30. The Kier molecular flexibility index (Phi) is 6.82. The van der Waals surface area contributed by atoms with Gasteiger partial charge in [0.05, 0.1) is 17.9 Å². The van der Waals surface area contributed by atoms with Crippen molar-refractivity contribution in [3.8, 4) is 0 Å². The van der Waals surface area contributed by atoms with Crippen molar-refractivity contribution in [2.24, 2.45) is 0 Å². The molecule has 0 bridgehead atoms. The fourth-order valence-electron chi connectivity index (χ4n) is 1.93. The summed E-state index contributed by atoms with van der Waals surface area (Å²) in [6, 6.07) is 5.44. The maximum atomic E-state index is 13.6. The molecule has 1 aromatic carbocycles. The lowest BCUT2D eigenvalue weighted by atomic mass is 10.1. The average molecular weight is 414 g/mol. The lowest BCUT2D eigenvalue weighted by Crippen LogP contribution is -2.30. The minimum Gasteiger partial charge on any atom is -0.394 e. The second-order valence-electron chi connectivity index (χ2n) is 5.21. The van der Waals surface area contributed by atoms with Gasteiger partial charge in [0.1, 0.15) is 24.3 Å². The molecule has 2 aromatic rings. The predicted molar refractivity (Wildman–Crippen MR) is 92.9 cm³/mol. The zero-order chi connectivity index (χ0) is 18.4. The number of pyridine rings is 1. The number of nitrogens with one attached hydrogen (secondary N) is 2. The standard InChI is InChI=1S/C16H17BrFN3O4/c1-9-4-10(17)6-19-15(9)20-14-5-11(18)2-3-13(14)16(24)21-25-8-12(23)7-22/h2-6,12,22-23H,7-8H2,1H3,(H,19,20)(H,21,24). The Morgan fingerprint density at radius 3 is 2.88 bits per heavy atom. The number of aliphatic hydroxyl groups is 2. The van der Waals surface area contributed by atoms with Crippen LogP contribution in [0.1, 0.15) is 15.9 Å². The lowest BCUT2D eigenvalue weighted by Gasteiger charge is -2.14. The van der Waals surface area contributed by atoms with Gasteiger partial charge in [-0.2, -0.15) is 0 Å². The maximum absolute atomic E-state index is 13.6. The average Bonchev–Trinajstić information content (AvgIpc) is 2.57. The Morgan fingerprint density at radius 1 is 1.44 bits per heavy atom. The Balaban J connectivity index is 2.17. The van der Waals surface area contributed by atoms with Crippen LogP contribution >= 0.6 is 15.9 Å². The molecule has 0 saturated heterocycles. The van der Waals surface area contributed by atoms with Gasteiger partial charge < -0.3 is 15.5 Å². The van der Waals surface area contributed by atoms with E-state index in [0.717, 1.165) is 16.1 Å². The summed E-state index contributed by atoms with van der Waals surface area (Å²) in [4.78, 5) is 21.2. The van der Waals surface area contributed by atoms with Gasteiger partial charge in [-0.1, -0.05) is 0 Å². The molecule has 1 unspecified atom stereocenters. The van der Waals surface area contributed by atoms with Crippen LogP contribution in [0.5, 0.6) is 0 Å². The Morgan fingerprint density at radius 2 is 2.20 bits per heavy atom. The number of rotatable bonds is 7. The van der Waals surface area contributed by atoms with Crippen molar-refractivity contribution in [3.05, 3.63) is 51.9 Å². The molecule has 1 amide bonds. The van der Waals surface area contributed by atoms with Gasteiger partial charge in [0, 0.05) is 10.7 Å². The molecule has 0 radical (unpaired) electrons. The number of aliphatic hydroxyl groups excluding tert-OH is 2. The van der Waals surface area contributed by atoms with Crippen molar-refractivity contribution in [2.75, 3.05) is 18.5 Å². The monoisotopic (exact) mass is 413 g/mol. The van der Waals surface area contributed by atoms with Gasteiger partial charge in [-0.25, -0.2) is 14.9 Å². The molecule has 0 aliphatic carbocycles. The second kappa shape index (κ2) is 8.86. The Bertz CT molecular complexity index is 760. The second-order valence-corrected chi connectivity index (χ2v) is 6.13. The van der Waals surface area contributed by atoms with E-state index in [0.29, 0.717) is 5.82 Å². The molecule has 134 valence electrons. The summed E-state index contributed by atoms with van der Waals surface area (Å²) in [6.07, 6.45) is 0.467. The molecule has 0 spiro atoms. The highest BCUT2D eigenvalue weighted by molar-refractivity contribution is 9.10. The molecule has 7 nitrogen and oxygen atoms in total. The summed E-state index contributed by atoms with van der Waals surface area (Å²) >= 11 is 3.31. The smallest absolute Gasteiger partial charge is 0.276 e. The molecular formula is C16H17BrFN3O4. The summed E-state index contributed by atoms with van der Waals surface area (Å²) in [5.41, 5.74) is 3.27. The third kappa shape index (κ3) is 5.46. The van der Waals surface area contributed by atoms with Crippen LogP contribution in [0.4, 0.5) is 15.9 Å². The number of aromatic nitrogens is 1. The van der Waals surface area contributed by atoms with E-state index in [1.807, 2.05) is 13.0 Å². The third-order valence-electron chi connectivity index (χ3n) is 3.18. The SMILES string of the molecule is Cc1cc(Br)cnc1Nc1cc(F)ccc1C(=O)NOCC(O)CO. The molecule has 1 heterocycles. The van der Waals surface area contributed by atoms with Crippen molar-refractivity contribution >= 4 is 33.3 Å². The zero-order valence-corrected chi connectivity index (χ0v) is 14.9. The number of nitrogens with zero attached hydrogens (tertiary/aromatic N) is 1. The van der Waals surface area contributed by atoms with Crippen LogP contribution in [0.25, 0.3) is 0 Å². The quantitative estimate of drug-likeness (QED) is 0.518. The Hall–Kier alpha value is -2.07. The molecule has 9 heteroatoms. The normalized spacial score (nSPS) is 11.9. The van der Waals surface area contributed by atoms with Gasteiger partial charge >= 0.3 is 0 Å². The van der Waals surface area contributed by atoms with E-state index in [4.69, 9.17) is 9.94 Å². The largest absolute Gasteiger partial charge is 0.394 e. The summed E-state index contributed by atoms with van der Waals surface area (Å²) < 4.78 is 14.4. The molecule has 1 aromatic heterocycles. The number of hydroxylamine groups is 1. The van der Waals surface area contributed by atoms with Gasteiger partial charge in [0.2, 0.25) is 0 Å². The minimum absolute atomic E-state index is 0.129. The number of benzene rings is 1. The van der Waals surface area contributed by atoms with Crippen molar-refractivity contribution in [1.29, 1.82) is 0 Å². The molecule has 0 fully saturated rings. The molecule has 0 aliphatic heterocycles. The minimum atomic E-state index is -1.11. The molecule has 1 atom stereocenters. The summed E-state index contributed by atoms with van der Waals surface area (Å²) in [6.45, 7) is 1.05. The molecule has 25 heavy (non-hydrogen) atoms. The van der Waals surface area contributed by atoms with Crippen LogP contribution in [0, 0.1) is 12.7 Å². The third-order valence-corrected chi connectivity index (χ3v) is 3.61. The van der Waals surface area contributed by atoms with Crippen molar-refractivity contribution in [3.63, 3.8) is 0 Å². The van der Waals surface area contributed by atoms with E-state index in [-0.39, 0.29) is 17.9 Å². The summed E-state index contributed by atoms with van der Waals surface area (Å²) in [5.74, 6) is -0.688. The van der Waals surface area contributed by atoms with Gasteiger partial charge in [-0.3, -0.25) is 9.63 Å². The van der Waals surface area contributed by atoms with E-state index < -0.39 is 24.4 Å². The highest BCUT2D eigenvalue weighted by atomic mass is 79.9. The number of carbonyl (C=O) groups excluding carboxylic acids is 1. The topological polar surface area (TPSA) is 104 Å². The van der Waals surface area contributed by atoms with Crippen molar-refractivity contribution in [2.45, 2.75) is 13.0 Å². The Labute approximate surface area is 151 Å². The molecule has 0 aliphatic rings. The van der Waals surface area contributed by atoms with Gasteiger partial charge in [-0.15, -0.1) is 0 Å². The lowest BCUT2D eigenvalue weighted by molar-refractivity contribution is -0.0295.